The van der Waals surface area contributed by atoms with Crippen molar-refractivity contribution in [2.75, 3.05) is 17.2 Å². The predicted octanol–water partition coefficient (Wildman–Crippen LogP) is 3.33. The van der Waals surface area contributed by atoms with Gasteiger partial charge < -0.3 is 16.0 Å². The maximum absolute atomic E-state index is 13.0. The first kappa shape index (κ1) is 17.1. The van der Waals surface area contributed by atoms with Crippen molar-refractivity contribution in [1.29, 1.82) is 0 Å². The molecule has 0 spiro atoms. The van der Waals surface area contributed by atoms with Crippen LogP contribution in [0.3, 0.4) is 0 Å². The number of carbonyl (C=O) groups is 2. The Morgan fingerprint density at radius 3 is 2.22 bits per heavy atom. The molecule has 0 heterocycles. The molecule has 0 atom stereocenters. The maximum Gasteiger partial charge on any atom is 0.319 e. The molecule has 23 heavy (non-hydrogen) atoms. The van der Waals surface area contributed by atoms with Crippen molar-refractivity contribution < 1.29 is 18.4 Å². The van der Waals surface area contributed by atoms with E-state index in [0.29, 0.717) is 5.69 Å². The summed E-state index contributed by atoms with van der Waals surface area (Å²) in [5, 5.41) is 7.27. The summed E-state index contributed by atoms with van der Waals surface area (Å²) in [5.74, 6) is -2.63. The van der Waals surface area contributed by atoms with Crippen LogP contribution in [0.15, 0.2) is 42.5 Å². The van der Waals surface area contributed by atoms with Gasteiger partial charge in [0, 0.05) is 21.0 Å². The van der Waals surface area contributed by atoms with Crippen LogP contribution in [0.4, 0.5) is 25.0 Å². The monoisotopic (exact) mass is 431 g/mol. The van der Waals surface area contributed by atoms with Crippen molar-refractivity contribution in [1.82, 2.24) is 5.32 Å². The van der Waals surface area contributed by atoms with E-state index in [-0.39, 0.29) is 12.2 Å². The summed E-state index contributed by atoms with van der Waals surface area (Å²) in [6.07, 6.45) is 0. The van der Waals surface area contributed by atoms with Gasteiger partial charge in [-0.15, -0.1) is 0 Å². The van der Waals surface area contributed by atoms with E-state index in [0.717, 1.165) is 15.7 Å². The summed E-state index contributed by atoms with van der Waals surface area (Å²) >= 11 is 2.14. The van der Waals surface area contributed by atoms with Gasteiger partial charge in [-0.1, -0.05) is 0 Å². The lowest BCUT2D eigenvalue weighted by Gasteiger charge is -2.09. The molecule has 2 aromatic rings. The Kier molecular flexibility index (Phi) is 5.85. The Morgan fingerprint density at radius 1 is 0.913 bits per heavy atom. The van der Waals surface area contributed by atoms with Crippen LogP contribution in [0.25, 0.3) is 0 Å². The smallest absolute Gasteiger partial charge is 0.319 e. The van der Waals surface area contributed by atoms with Crippen molar-refractivity contribution in [3.63, 3.8) is 0 Å². The highest BCUT2D eigenvalue weighted by molar-refractivity contribution is 14.1. The first-order chi connectivity index (χ1) is 10.9. The van der Waals surface area contributed by atoms with Crippen molar-refractivity contribution in [2.24, 2.45) is 0 Å². The molecule has 2 rings (SSSR count). The summed E-state index contributed by atoms with van der Waals surface area (Å²) in [6.45, 7) is -0.310. The minimum Gasteiger partial charge on any atom is -0.329 e. The number of rotatable bonds is 4. The van der Waals surface area contributed by atoms with E-state index in [9.17, 15) is 18.4 Å². The number of anilines is 2. The molecule has 0 saturated heterocycles. The third kappa shape index (κ3) is 5.47. The summed E-state index contributed by atoms with van der Waals surface area (Å²) < 4.78 is 26.8. The zero-order valence-corrected chi connectivity index (χ0v) is 13.9. The minimum absolute atomic E-state index is 0.105. The molecular formula is C15H12F2IN3O2. The van der Waals surface area contributed by atoms with Crippen LogP contribution in [0.1, 0.15) is 0 Å². The number of benzene rings is 2. The summed E-state index contributed by atoms with van der Waals surface area (Å²) in [6, 6.07) is 9.54. The Hall–Kier alpha value is -2.23. The van der Waals surface area contributed by atoms with Crippen LogP contribution in [0.2, 0.25) is 0 Å². The van der Waals surface area contributed by atoms with Gasteiger partial charge in [0.2, 0.25) is 5.91 Å². The van der Waals surface area contributed by atoms with E-state index >= 15 is 0 Å². The number of hydrogen-bond donors (Lipinski definition) is 3. The summed E-state index contributed by atoms with van der Waals surface area (Å²) in [7, 11) is 0. The molecule has 0 radical (unpaired) electrons. The molecule has 0 fully saturated rings. The van der Waals surface area contributed by atoms with Gasteiger partial charge in [-0.3, -0.25) is 4.79 Å². The van der Waals surface area contributed by atoms with Crippen molar-refractivity contribution in [2.45, 2.75) is 0 Å². The second-order valence-electron chi connectivity index (χ2n) is 4.49. The molecule has 2 aromatic carbocycles. The number of nitrogens with one attached hydrogen (secondary N) is 3. The third-order valence-electron chi connectivity index (χ3n) is 2.71. The Labute approximate surface area is 144 Å². The highest BCUT2D eigenvalue weighted by Crippen LogP contribution is 2.13. The molecule has 120 valence electrons. The van der Waals surface area contributed by atoms with Gasteiger partial charge in [0.25, 0.3) is 0 Å². The molecule has 0 aliphatic rings. The Balaban J connectivity index is 1.80. The van der Waals surface area contributed by atoms with Gasteiger partial charge in [-0.25, -0.2) is 13.6 Å². The fourth-order valence-electron chi connectivity index (χ4n) is 1.65. The van der Waals surface area contributed by atoms with Crippen molar-refractivity contribution in [3.05, 3.63) is 57.7 Å². The van der Waals surface area contributed by atoms with E-state index in [1.54, 1.807) is 12.1 Å². The van der Waals surface area contributed by atoms with Crippen LogP contribution in [0.5, 0.6) is 0 Å². The first-order valence-electron chi connectivity index (χ1n) is 6.49. The second-order valence-corrected chi connectivity index (χ2v) is 5.74. The van der Waals surface area contributed by atoms with Crippen LogP contribution in [0, 0.1) is 15.2 Å². The molecule has 0 unspecified atom stereocenters. The van der Waals surface area contributed by atoms with Gasteiger partial charge in [-0.2, -0.15) is 0 Å². The molecule has 0 aromatic heterocycles. The number of amides is 3. The van der Waals surface area contributed by atoms with Crippen LogP contribution in [-0.4, -0.2) is 18.5 Å². The van der Waals surface area contributed by atoms with E-state index in [1.807, 2.05) is 12.1 Å². The van der Waals surface area contributed by atoms with Crippen molar-refractivity contribution in [3.8, 4) is 0 Å². The average molecular weight is 431 g/mol. The fourth-order valence-corrected chi connectivity index (χ4v) is 2.01. The molecule has 8 heteroatoms. The SMILES string of the molecule is O=C(CNC(=O)Nc1ccc(I)cc1)Nc1ccc(F)c(F)c1. The molecule has 3 N–H and O–H groups in total. The quantitative estimate of drug-likeness (QED) is 0.651. The molecule has 5 nitrogen and oxygen atoms in total. The molecule has 0 aliphatic heterocycles. The van der Waals surface area contributed by atoms with Gasteiger partial charge in [-0.05, 0) is 59.0 Å². The number of hydrogen-bond acceptors (Lipinski definition) is 2. The van der Waals surface area contributed by atoms with Crippen molar-refractivity contribution >= 4 is 45.9 Å². The van der Waals surface area contributed by atoms with Crippen LogP contribution in [-0.2, 0) is 4.79 Å². The zero-order chi connectivity index (χ0) is 16.8. The lowest BCUT2D eigenvalue weighted by atomic mass is 10.3. The normalized spacial score (nSPS) is 10.0. The Morgan fingerprint density at radius 2 is 1.57 bits per heavy atom. The van der Waals surface area contributed by atoms with Crippen LogP contribution < -0.4 is 16.0 Å². The maximum atomic E-state index is 13.0. The highest BCUT2D eigenvalue weighted by atomic mass is 127. The number of urea groups is 1. The highest BCUT2D eigenvalue weighted by Gasteiger charge is 2.08. The average Bonchev–Trinajstić information content (AvgIpc) is 2.51. The van der Waals surface area contributed by atoms with E-state index in [1.165, 1.54) is 6.07 Å². The summed E-state index contributed by atoms with van der Waals surface area (Å²) in [4.78, 5) is 23.3. The number of halogens is 3. The molecule has 0 aliphatic carbocycles. The molecular weight excluding hydrogens is 419 g/mol. The standard InChI is InChI=1S/C15H12F2IN3O2/c16-12-6-5-11(7-13(12)17)20-14(22)8-19-15(23)21-10-3-1-9(18)2-4-10/h1-7H,8H2,(H,20,22)(H2,19,21,23). The largest absolute Gasteiger partial charge is 0.329 e. The third-order valence-corrected chi connectivity index (χ3v) is 3.43. The van der Waals surface area contributed by atoms with Gasteiger partial charge >= 0.3 is 6.03 Å². The van der Waals surface area contributed by atoms with E-state index in [4.69, 9.17) is 0 Å². The molecule has 0 bridgehead atoms. The van der Waals surface area contributed by atoms with E-state index < -0.39 is 23.6 Å². The minimum atomic E-state index is -1.06. The first-order valence-corrected chi connectivity index (χ1v) is 7.57. The van der Waals surface area contributed by atoms with E-state index in [2.05, 4.69) is 38.5 Å². The topological polar surface area (TPSA) is 70.2 Å². The molecule has 3 amide bonds. The zero-order valence-electron chi connectivity index (χ0n) is 11.7. The molecule has 0 saturated carbocycles. The van der Waals surface area contributed by atoms with Gasteiger partial charge in [0.1, 0.15) is 0 Å². The van der Waals surface area contributed by atoms with Gasteiger partial charge in [0.05, 0.1) is 6.54 Å². The van der Waals surface area contributed by atoms with Crippen LogP contribution >= 0.6 is 22.6 Å². The summed E-state index contributed by atoms with van der Waals surface area (Å²) in [5.41, 5.74) is 0.692. The fraction of sp³-hybridized carbons (Fsp3) is 0.0667. The lowest BCUT2D eigenvalue weighted by Crippen LogP contribution is -2.35. The lowest BCUT2D eigenvalue weighted by molar-refractivity contribution is -0.115. The Bertz CT molecular complexity index is 723. The number of carbonyl (C=O) groups excluding carboxylic acids is 2. The predicted molar refractivity (Wildman–Crippen MR) is 91.2 cm³/mol. The second kappa shape index (κ2) is 7.86. The van der Waals surface area contributed by atoms with Gasteiger partial charge in [0.15, 0.2) is 11.6 Å².